The Morgan fingerprint density at radius 2 is 1.61 bits per heavy atom. The monoisotopic (exact) mass is 392 g/mol. The van der Waals surface area contributed by atoms with Gasteiger partial charge in [-0.15, -0.1) is 0 Å². The molecule has 5 nitrogen and oxygen atoms in total. The average molecular weight is 392 g/mol. The standard InChI is InChI=1S/C20H19F3N2O3/c1-12-3-8-16(28-2)15(11-12)25-18(27)19(9-10-19)17(26)24-14-6-4-13(5-7-14)20(21,22)23/h3-8,11H,9-10H2,1-2H3,(H,24,26)(H,25,27). The van der Waals surface area contributed by atoms with Gasteiger partial charge in [-0.2, -0.15) is 13.2 Å². The lowest BCUT2D eigenvalue weighted by Crippen LogP contribution is -2.35. The van der Waals surface area contributed by atoms with Crippen LogP contribution in [-0.4, -0.2) is 18.9 Å². The quantitative estimate of drug-likeness (QED) is 0.742. The maximum atomic E-state index is 12.7. The highest BCUT2D eigenvalue weighted by molar-refractivity contribution is 6.17. The van der Waals surface area contributed by atoms with Crippen LogP contribution in [0.4, 0.5) is 24.5 Å². The number of rotatable bonds is 5. The fourth-order valence-electron chi connectivity index (χ4n) is 2.84. The molecule has 148 valence electrons. The lowest BCUT2D eigenvalue weighted by atomic mass is 10.0. The van der Waals surface area contributed by atoms with Gasteiger partial charge in [0.05, 0.1) is 18.4 Å². The minimum absolute atomic E-state index is 0.199. The summed E-state index contributed by atoms with van der Waals surface area (Å²) < 4.78 is 43.1. The Hall–Kier alpha value is -3.03. The van der Waals surface area contributed by atoms with Gasteiger partial charge in [0, 0.05) is 5.69 Å². The molecular formula is C20H19F3N2O3. The zero-order valence-electron chi connectivity index (χ0n) is 15.3. The summed E-state index contributed by atoms with van der Waals surface area (Å²) in [6, 6.07) is 9.38. The summed E-state index contributed by atoms with van der Waals surface area (Å²) in [4.78, 5) is 25.3. The van der Waals surface area contributed by atoms with Crippen LogP contribution in [0.1, 0.15) is 24.0 Å². The summed E-state index contributed by atoms with van der Waals surface area (Å²) >= 11 is 0. The number of carbonyl (C=O) groups excluding carboxylic acids is 2. The van der Waals surface area contributed by atoms with Crippen LogP contribution in [0, 0.1) is 12.3 Å². The van der Waals surface area contributed by atoms with E-state index in [-0.39, 0.29) is 5.69 Å². The van der Waals surface area contributed by atoms with Gasteiger partial charge in [-0.1, -0.05) is 6.07 Å². The van der Waals surface area contributed by atoms with E-state index in [0.29, 0.717) is 24.3 Å². The number of carbonyl (C=O) groups is 2. The van der Waals surface area contributed by atoms with Crippen molar-refractivity contribution in [3.05, 3.63) is 53.6 Å². The normalized spacial score (nSPS) is 14.9. The minimum atomic E-state index is -4.45. The van der Waals surface area contributed by atoms with Crippen LogP contribution in [0.15, 0.2) is 42.5 Å². The van der Waals surface area contributed by atoms with Gasteiger partial charge >= 0.3 is 6.18 Å². The van der Waals surface area contributed by atoms with Gasteiger partial charge < -0.3 is 15.4 Å². The number of nitrogens with one attached hydrogen (secondary N) is 2. The fourth-order valence-corrected chi connectivity index (χ4v) is 2.84. The smallest absolute Gasteiger partial charge is 0.416 e. The van der Waals surface area contributed by atoms with Crippen LogP contribution < -0.4 is 15.4 Å². The number of hydrogen-bond donors (Lipinski definition) is 2. The van der Waals surface area contributed by atoms with Crippen molar-refractivity contribution in [1.82, 2.24) is 0 Å². The van der Waals surface area contributed by atoms with Gasteiger partial charge in [-0.05, 0) is 61.7 Å². The molecule has 0 unspecified atom stereocenters. The predicted molar refractivity (Wildman–Crippen MR) is 98.1 cm³/mol. The van der Waals surface area contributed by atoms with Gasteiger partial charge in [0.2, 0.25) is 11.8 Å². The highest BCUT2D eigenvalue weighted by Gasteiger charge is 2.56. The molecule has 1 fully saturated rings. The van der Waals surface area contributed by atoms with Crippen LogP contribution in [0.5, 0.6) is 5.75 Å². The Kier molecular flexibility index (Phi) is 5.06. The number of amides is 2. The largest absolute Gasteiger partial charge is 0.495 e. The van der Waals surface area contributed by atoms with Crippen molar-refractivity contribution in [1.29, 1.82) is 0 Å². The molecule has 1 aliphatic carbocycles. The number of methoxy groups -OCH3 is 1. The predicted octanol–water partition coefficient (Wildman–Crippen LogP) is 4.38. The lowest BCUT2D eigenvalue weighted by Gasteiger charge is -2.17. The second kappa shape index (κ2) is 7.18. The van der Waals surface area contributed by atoms with E-state index in [2.05, 4.69) is 10.6 Å². The molecule has 28 heavy (non-hydrogen) atoms. The number of anilines is 2. The summed E-state index contributed by atoms with van der Waals surface area (Å²) in [5, 5.41) is 5.26. The minimum Gasteiger partial charge on any atom is -0.495 e. The second-order valence-electron chi connectivity index (χ2n) is 6.77. The van der Waals surface area contributed by atoms with Crippen molar-refractivity contribution in [2.45, 2.75) is 25.9 Å². The van der Waals surface area contributed by atoms with Gasteiger partial charge in [-0.3, -0.25) is 9.59 Å². The van der Waals surface area contributed by atoms with E-state index in [1.807, 2.05) is 13.0 Å². The Labute approximate surface area is 159 Å². The number of hydrogen-bond acceptors (Lipinski definition) is 3. The van der Waals surface area contributed by atoms with Crippen molar-refractivity contribution < 1.29 is 27.5 Å². The Bertz CT molecular complexity index is 904. The molecule has 2 amide bonds. The van der Waals surface area contributed by atoms with E-state index in [1.165, 1.54) is 7.11 Å². The number of aryl methyl sites for hydroxylation is 1. The molecule has 0 aromatic heterocycles. The maximum Gasteiger partial charge on any atom is 0.416 e. The van der Waals surface area contributed by atoms with Gasteiger partial charge in [-0.25, -0.2) is 0 Å². The molecule has 2 aromatic rings. The number of ether oxygens (including phenoxy) is 1. The summed E-state index contributed by atoms with van der Waals surface area (Å²) in [6.07, 6.45) is -3.73. The first-order chi connectivity index (χ1) is 13.2. The molecular weight excluding hydrogens is 373 g/mol. The lowest BCUT2D eigenvalue weighted by molar-refractivity contribution is -0.137. The molecule has 0 saturated heterocycles. The van der Waals surface area contributed by atoms with Gasteiger partial charge in [0.25, 0.3) is 0 Å². The average Bonchev–Trinajstić information content (AvgIpc) is 3.44. The Balaban J connectivity index is 1.72. The second-order valence-corrected chi connectivity index (χ2v) is 6.77. The summed E-state index contributed by atoms with van der Waals surface area (Å²) in [5.74, 6) is -0.546. The van der Waals surface area contributed by atoms with E-state index >= 15 is 0 Å². The third-order valence-electron chi connectivity index (χ3n) is 4.69. The molecule has 8 heteroatoms. The molecule has 0 aliphatic heterocycles. The zero-order chi connectivity index (χ0) is 20.5. The highest BCUT2D eigenvalue weighted by Crippen LogP contribution is 2.48. The first-order valence-corrected chi connectivity index (χ1v) is 8.60. The molecule has 0 bridgehead atoms. The first kappa shape index (κ1) is 19.7. The molecule has 0 atom stereocenters. The third-order valence-corrected chi connectivity index (χ3v) is 4.69. The van der Waals surface area contributed by atoms with Gasteiger partial charge in [0.1, 0.15) is 11.2 Å². The van der Waals surface area contributed by atoms with Crippen molar-refractivity contribution >= 4 is 23.2 Å². The highest BCUT2D eigenvalue weighted by atomic mass is 19.4. The summed E-state index contributed by atoms with van der Waals surface area (Å²) in [7, 11) is 1.48. The van der Waals surface area contributed by atoms with E-state index in [0.717, 1.165) is 29.8 Å². The van der Waals surface area contributed by atoms with Crippen LogP contribution in [-0.2, 0) is 15.8 Å². The molecule has 1 aliphatic rings. The van der Waals surface area contributed by atoms with E-state index in [9.17, 15) is 22.8 Å². The Morgan fingerprint density at radius 3 is 2.14 bits per heavy atom. The molecule has 3 rings (SSSR count). The maximum absolute atomic E-state index is 12.7. The van der Waals surface area contributed by atoms with E-state index < -0.39 is 29.0 Å². The zero-order valence-corrected chi connectivity index (χ0v) is 15.3. The first-order valence-electron chi connectivity index (χ1n) is 8.60. The van der Waals surface area contributed by atoms with Crippen LogP contribution >= 0.6 is 0 Å². The number of benzene rings is 2. The topological polar surface area (TPSA) is 67.4 Å². The number of alkyl halides is 3. The van der Waals surface area contributed by atoms with Crippen molar-refractivity contribution in [2.75, 3.05) is 17.7 Å². The molecule has 0 heterocycles. The van der Waals surface area contributed by atoms with Crippen LogP contribution in [0.3, 0.4) is 0 Å². The van der Waals surface area contributed by atoms with Crippen molar-refractivity contribution in [2.24, 2.45) is 5.41 Å². The molecule has 2 aromatic carbocycles. The van der Waals surface area contributed by atoms with Crippen molar-refractivity contribution in [3.8, 4) is 5.75 Å². The summed E-state index contributed by atoms with van der Waals surface area (Å²) in [6.45, 7) is 1.86. The number of halogens is 3. The SMILES string of the molecule is COc1ccc(C)cc1NC(=O)C1(C(=O)Nc2ccc(C(F)(F)F)cc2)CC1. The molecule has 0 spiro atoms. The third kappa shape index (κ3) is 3.95. The van der Waals surface area contributed by atoms with Gasteiger partial charge in [0.15, 0.2) is 0 Å². The van der Waals surface area contributed by atoms with Crippen LogP contribution in [0.25, 0.3) is 0 Å². The van der Waals surface area contributed by atoms with E-state index in [1.54, 1.807) is 12.1 Å². The molecule has 1 saturated carbocycles. The molecule has 0 radical (unpaired) electrons. The summed E-state index contributed by atoms with van der Waals surface area (Å²) in [5.41, 5.74) is -0.477. The van der Waals surface area contributed by atoms with Crippen molar-refractivity contribution in [3.63, 3.8) is 0 Å². The van der Waals surface area contributed by atoms with Crippen LogP contribution in [0.2, 0.25) is 0 Å². The fraction of sp³-hybridized carbons (Fsp3) is 0.300. The van der Waals surface area contributed by atoms with E-state index in [4.69, 9.17) is 4.74 Å². The Morgan fingerprint density at radius 1 is 1.00 bits per heavy atom. The molecule has 2 N–H and O–H groups in total.